The lowest BCUT2D eigenvalue weighted by molar-refractivity contribution is -0.141. The maximum Gasteiger partial charge on any atom is 0.325 e. The maximum atomic E-state index is 12.8. The molecule has 4 aromatic rings. The van der Waals surface area contributed by atoms with E-state index >= 15 is 0 Å². The Bertz CT molecular complexity index is 1770. The van der Waals surface area contributed by atoms with Gasteiger partial charge in [0, 0.05) is 29.9 Å². The Morgan fingerprint density at radius 3 is 2.37 bits per heavy atom. The van der Waals surface area contributed by atoms with Gasteiger partial charge in [-0.3, -0.25) is 23.7 Å². The molecule has 0 radical (unpaired) electrons. The summed E-state index contributed by atoms with van der Waals surface area (Å²) in [4.78, 5) is 64.5. The first-order valence-corrected chi connectivity index (χ1v) is 15.1. The minimum Gasteiger partial charge on any atom is -0.468 e. The minimum atomic E-state index is -0.777. The second kappa shape index (κ2) is 13.9. The molecule has 3 amide bonds. The van der Waals surface area contributed by atoms with E-state index in [1.165, 1.54) is 13.4 Å². The van der Waals surface area contributed by atoms with Gasteiger partial charge < -0.3 is 31.3 Å². The van der Waals surface area contributed by atoms with Crippen molar-refractivity contribution in [3.63, 3.8) is 0 Å². The molecule has 14 nitrogen and oxygen atoms in total. The average molecular weight is 648 g/mol. The zero-order valence-corrected chi connectivity index (χ0v) is 26.1. The van der Waals surface area contributed by atoms with E-state index in [-0.39, 0.29) is 19.0 Å². The van der Waals surface area contributed by atoms with Crippen molar-refractivity contribution in [2.24, 2.45) is 5.73 Å². The van der Waals surface area contributed by atoms with Gasteiger partial charge in [-0.15, -0.1) is 0 Å². The number of methoxy groups -OCH3 is 1. The largest absolute Gasteiger partial charge is 0.468 e. The molecule has 3 heterocycles. The lowest BCUT2D eigenvalue weighted by Crippen LogP contribution is -2.61. The number of hydrogen-bond donors (Lipinski definition) is 4. The van der Waals surface area contributed by atoms with E-state index in [0.29, 0.717) is 77.1 Å². The van der Waals surface area contributed by atoms with Crippen LogP contribution in [0, 0.1) is 0 Å². The van der Waals surface area contributed by atoms with E-state index in [1.54, 1.807) is 30.3 Å². The monoisotopic (exact) mass is 647 g/mol. The molecule has 2 aromatic heterocycles. The molecular formula is C31H34ClN9O5. The van der Waals surface area contributed by atoms with Gasteiger partial charge in [0.2, 0.25) is 11.8 Å². The highest BCUT2D eigenvalue weighted by atomic mass is 35.5. The Labute approximate surface area is 269 Å². The summed E-state index contributed by atoms with van der Waals surface area (Å²) in [6.07, 6.45) is 2.49. The van der Waals surface area contributed by atoms with Gasteiger partial charge in [-0.1, -0.05) is 30.7 Å². The third-order valence-corrected chi connectivity index (χ3v) is 8.23. The van der Waals surface area contributed by atoms with Gasteiger partial charge in [0.15, 0.2) is 17.0 Å². The molecule has 15 heteroatoms. The Balaban J connectivity index is 1.46. The number of esters is 1. The Hall–Kier alpha value is -5.08. The van der Waals surface area contributed by atoms with Crippen molar-refractivity contribution in [3.05, 3.63) is 65.4 Å². The van der Waals surface area contributed by atoms with Crippen LogP contribution in [-0.2, 0) is 19.1 Å². The van der Waals surface area contributed by atoms with E-state index < -0.39 is 23.3 Å². The van der Waals surface area contributed by atoms with Crippen LogP contribution in [0.25, 0.3) is 28.2 Å². The van der Waals surface area contributed by atoms with Crippen LogP contribution in [0.4, 0.5) is 5.82 Å². The standard InChI is InChI=1S/C31H34ClN9O5/c1-3-38-31(30(33)45)12-14-40(15-13-31)27-25-28(37-18-36-27)41(26(39-25)21-6-4-5-7-22(21)32)20-10-8-19(9-11-20)29(44)35-16-23(42)34-17-24(43)46-2/h4-11,18,38H,3,12-17H2,1-2H3,(H2,33,45)(H,34,42)(H,35,44). The number of nitrogens with zero attached hydrogens (tertiary/aromatic N) is 5. The molecule has 1 saturated heterocycles. The van der Waals surface area contributed by atoms with Gasteiger partial charge >= 0.3 is 5.97 Å². The Morgan fingerprint density at radius 1 is 1.00 bits per heavy atom. The van der Waals surface area contributed by atoms with Gasteiger partial charge in [-0.25, -0.2) is 15.0 Å². The number of anilines is 1. The van der Waals surface area contributed by atoms with E-state index in [4.69, 9.17) is 22.3 Å². The Kier molecular flexibility index (Phi) is 9.78. The fraction of sp³-hybridized carbons (Fsp3) is 0.323. The number of ether oxygens (including phenoxy) is 1. The highest BCUT2D eigenvalue weighted by Gasteiger charge is 2.40. The molecular weight excluding hydrogens is 614 g/mol. The molecule has 0 atom stereocenters. The molecule has 0 saturated carbocycles. The lowest BCUT2D eigenvalue weighted by atomic mass is 9.86. The van der Waals surface area contributed by atoms with Crippen molar-refractivity contribution in [3.8, 4) is 17.1 Å². The fourth-order valence-corrected chi connectivity index (χ4v) is 5.68. The first-order valence-electron chi connectivity index (χ1n) is 14.7. The summed E-state index contributed by atoms with van der Waals surface area (Å²) in [7, 11) is 1.21. The van der Waals surface area contributed by atoms with Crippen molar-refractivity contribution in [1.29, 1.82) is 0 Å². The number of carbonyl (C=O) groups is 4. The number of primary amides is 1. The summed E-state index contributed by atoms with van der Waals surface area (Å²) in [5, 5.41) is 8.66. The van der Waals surface area contributed by atoms with Crippen LogP contribution in [0.5, 0.6) is 0 Å². The van der Waals surface area contributed by atoms with Crippen LogP contribution in [0.1, 0.15) is 30.1 Å². The van der Waals surface area contributed by atoms with Crippen LogP contribution >= 0.6 is 11.6 Å². The number of benzene rings is 2. The van der Waals surface area contributed by atoms with Gasteiger partial charge in [0.05, 0.1) is 18.7 Å². The first-order chi connectivity index (χ1) is 22.2. The molecule has 1 aliphatic rings. The summed E-state index contributed by atoms with van der Waals surface area (Å²) >= 11 is 6.64. The quantitative estimate of drug-likeness (QED) is 0.174. The van der Waals surface area contributed by atoms with Crippen LogP contribution < -0.4 is 26.6 Å². The first kappa shape index (κ1) is 32.3. The predicted molar refractivity (Wildman–Crippen MR) is 172 cm³/mol. The number of amides is 3. The fourth-order valence-electron chi connectivity index (χ4n) is 5.46. The summed E-state index contributed by atoms with van der Waals surface area (Å²) in [5.74, 6) is -0.824. The number of imidazole rings is 1. The number of hydrogen-bond acceptors (Lipinski definition) is 10. The molecule has 2 aromatic carbocycles. The molecule has 0 bridgehead atoms. The number of aromatic nitrogens is 4. The van der Waals surface area contributed by atoms with Crippen LogP contribution in [-0.4, -0.2) is 88.6 Å². The van der Waals surface area contributed by atoms with Crippen molar-refractivity contribution < 1.29 is 23.9 Å². The van der Waals surface area contributed by atoms with Crippen molar-refractivity contribution in [1.82, 2.24) is 35.5 Å². The number of halogens is 1. The highest BCUT2D eigenvalue weighted by molar-refractivity contribution is 6.33. The minimum absolute atomic E-state index is 0.292. The molecule has 0 spiro atoms. The SMILES string of the molecule is CCNC1(C(N)=O)CCN(c2ncnc3c2nc(-c2ccccc2Cl)n3-c2ccc(C(=O)NCC(=O)NCC(=O)OC)cc2)CC1. The van der Waals surface area contributed by atoms with Gasteiger partial charge in [-0.05, 0) is 55.8 Å². The number of nitrogens with two attached hydrogens (primary N) is 1. The number of carbonyl (C=O) groups excluding carboxylic acids is 4. The van der Waals surface area contributed by atoms with Crippen LogP contribution in [0.15, 0.2) is 54.9 Å². The van der Waals surface area contributed by atoms with E-state index in [1.807, 2.05) is 29.7 Å². The van der Waals surface area contributed by atoms with E-state index in [9.17, 15) is 19.2 Å². The van der Waals surface area contributed by atoms with Crippen molar-refractivity contribution >= 4 is 52.3 Å². The lowest BCUT2D eigenvalue weighted by Gasteiger charge is -2.40. The van der Waals surface area contributed by atoms with E-state index in [2.05, 4.69) is 35.6 Å². The average Bonchev–Trinajstić information content (AvgIpc) is 3.46. The number of likely N-dealkylation sites (N-methyl/N-ethyl adjacent to an activating group) is 1. The number of nitrogens with one attached hydrogen (secondary N) is 3. The molecule has 1 fully saturated rings. The van der Waals surface area contributed by atoms with Crippen molar-refractivity contribution in [2.75, 3.05) is 44.7 Å². The second-order valence-corrected chi connectivity index (χ2v) is 11.1. The van der Waals surface area contributed by atoms with Crippen LogP contribution in [0.3, 0.4) is 0 Å². The third-order valence-electron chi connectivity index (χ3n) is 7.90. The summed E-state index contributed by atoms with van der Waals surface area (Å²) in [6.45, 7) is 3.02. The van der Waals surface area contributed by atoms with E-state index in [0.717, 1.165) is 0 Å². The topological polar surface area (TPSA) is 186 Å². The van der Waals surface area contributed by atoms with Crippen molar-refractivity contribution in [2.45, 2.75) is 25.3 Å². The molecule has 1 aliphatic heterocycles. The van der Waals surface area contributed by atoms with Gasteiger partial charge in [0.1, 0.15) is 24.2 Å². The Morgan fingerprint density at radius 2 is 1.72 bits per heavy atom. The zero-order chi connectivity index (χ0) is 32.8. The molecule has 0 aliphatic carbocycles. The number of rotatable bonds is 11. The normalized spacial score (nSPS) is 14.1. The molecule has 5 rings (SSSR count). The summed E-state index contributed by atoms with van der Waals surface area (Å²) < 4.78 is 6.33. The second-order valence-electron chi connectivity index (χ2n) is 10.7. The molecule has 240 valence electrons. The smallest absolute Gasteiger partial charge is 0.325 e. The maximum absolute atomic E-state index is 12.8. The molecule has 0 unspecified atom stereocenters. The summed E-state index contributed by atoms with van der Waals surface area (Å²) in [6, 6.07) is 14.1. The molecule has 46 heavy (non-hydrogen) atoms. The van der Waals surface area contributed by atoms with Gasteiger partial charge in [0.25, 0.3) is 5.91 Å². The molecule has 5 N–H and O–H groups in total. The zero-order valence-electron chi connectivity index (χ0n) is 25.4. The highest BCUT2D eigenvalue weighted by Crippen LogP contribution is 2.36. The van der Waals surface area contributed by atoms with Crippen LogP contribution in [0.2, 0.25) is 5.02 Å². The number of piperidine rings is 1. The number of fused-ring (bicyclic) bond motifs is 1. The summed E-state index contributed by atoms with van der Waals surface area (Å²) in [5.41, 5.74) is 7.73. The predicted octanol–water partition coefficient (Wildman–Crippen LogP) is 1.59. The van der Waals surface area contributed by atoms with Gasteiger partial charge in [-0.2, -0.15) is 0 Å². The third kappa shape index (κ3) is 6.62.